The maximum Gasteiger partial charge on any atom is 0.334 e. The van der Waals surface area contributed by atoms with Crippen molar-refractivity contribution in [3.05, 3.63) is 59.8 Å². The van der Waals surface area contributed by atoms with Crippen molar-refractivity contribution in [2.45, 2.75) is 38.4 Å². The quantitative estimate of drug-likeness (QED) is 0.245. The summed E-state index contributed by atoms with van der Waals surface area (Å²) in [5.41, 5.74) is 2.31. The van der Waals surface area contributed by atoms with Crippen LogP contribution in [0.2, 0.25) is 0 Å². The second kappa shape index (κ2) is 10.3. The molecule has 3 aliphatic rings. The zero-order chi connectivity index (χ0) is 24.3. The van der Waals surface area contributed by atoms with Crippen molar-refractivity contribution < 1.29 is 38.8 Å². The van der Waals surface area contributed by atoms with Crippen LogP contribution < -0.4 is 0 Å². The molecule has 2 aliphatic carbocycles. The second-order valence-corrected chi connectivity index (χ2v) is 8.60. The number of aliphatic hydroxyl groups excluding tert-OH is 2. The molecule has 0 aromatic carbocycles. The normalized spacial score (nSPS) is 28.9. The van der Waals surface area contributed by atoms with Gasteiger partial charge in [0.05, 0.1) is 12.5 Å². The Balaban J connectivity index is 1.83. The molecule has 5 unspecified atom stereocenters. The molecular weight excluding hydrogens is 428 g/mol. The first-order valence-electron chi connectivity index (χ1n) is 10.9. The average Bonchev–Trinajstić information content (AvgIpc) is 3.29. The van der Waals surface area contributed by atoms with E-state index in [0.717, 1.165) is 11.1 Å². The van der Waals surface area contributed by atoms with Gasteiger partial charge in [0.25, 0.3) is 0 Å². The molecule has 3 rings (SSSR count). The van der Waals surface area contributed by atoms with Gasteiger partial charge < -0.3 is 24.4 Å². The smallest absolute Gasteiger partial charge is 0.334 e. The molecule has 0 spiro atoms. The van der Waals surface area contributed by atoms with Crippen molar-refractivity contribution in [3.8, 4) is 0 Å². The van der Waals surface area contributed by atoms with Gasteiger partial charge in [0.2, 0.25) is 0 Å². The van der Waals surface area contributed by atoms with Gasteiger partial charge in [0.1, 0.15) is 18.8 Å². The maximum atomic E-state index is 12.5. The SMILES string of the molecule is C=C(CCO)C(=O)OC1CC(=C)C2CC=C(COC(=O)C(C)=CCO)C2C2OC(=O)C(=C)C12. The Bertz CT molecular complexity index is 940. The lowest BCUT2D eigenvalue weighted by atomic mass is 9.80. The minimum absolute atomic E-state index is 0.00882. The molecule has 1 heterocycles. The summed E-state index contributed by atoms with van der Waals surface area (Å²) in [5, 5.41) is 18.0. The van der Waals surface area contributed by atoms with Gasteiger partial charge in [0, 0.05) is 42.1 Å². The van der Waals surface area contributed by atoms with E-state index in [1.165, 1.54) is 6.08 Å². The fourth-order valence-electron chi connectivity index (χ4n) is 4.77. The van der Waals surface area contributed by atoms with Crippen LogP contribution >= 0.6 is 0 Å². The van der Waals surface area contributed by atoms with Crippen molar-refractivity contribution in [2.24, 2.45) is 17.8 Å². The van der Waals surface area contributed by atoms with Gasteiger partial charge in [-0.25, -0.2) is 14.4 Å². The minimum Gasteiger partial charge on any atom is -0.458 e. The largest absolute Gasteiger partial charge is 0.458 e. The summed E-state index contributed by atoms with van der Waals surface area (Å²) >= 11 is 0. The van der Waals surface area contributed by atoms with E-state index in [1.807, 2.05) is 6.08 Å². The number of esters is 3. The Morgan fingerprint density at radius 2 is 1.97 bits per heavy atom. The van der Waals surface area contributed by atoms with Gasteiger partial charge in [-0.2, -0.15) is 0 Å². The first-order chi connectivity index (χ1) is 15.7. The number of fused-ring (bicyclic) bond motifs is 3. The van der Waals surface area contributed by atoms with E-state index < -0.39 is 36.0 Å². The highest BCUT2D eigenvalue weighted by molar-refractivity contribution is 5.92. The number of aliphatic hydroxyl groups is 2. The first-order valence-corrected chi connectivity index (χ1v) is 10.9. The third-order valence-corrected chi connectivity index (χ3v) is 6.55. The fraction of sp³-hybridized carbons (Fsp3) is 0.480. The molecule has 0 bridgehead atoms. The Labute approximate surface area is 192 Å². The molecule has 2 N–H and O–H groups in total. The van der Waals surface area contributed by atoms with E-state index in [4.69, 9.17) is 24.4 Å². The van der Waals surface area contributed by atoms with Crippen molar-refractivity contribution in [2.75, 3.05) is 19.8 Å². The van der Waals surface area contributed by atoms with Crippen LogP contribution in [0.5, 0.6) is 0 Å². The van der Waals surface area contributed by atoms with Crippen LogP contribution in [0, 0.1) is 17.8 Å². The molecule has 2 fully saturated rings. The van der Waals surface area contributed by atoms with Gasteiger partial charge in [-0.05, 0) is 30.9 Å². The summed E-state index contributed by atoms with van der Waals surface area (Å²) in [6.07, 6.45) is 3.03. The molecule has 33 heavy (non-hydrogen) atoms. The van der Waals surface area contributed by atoms with E-state index in [2.05, 4.69) is 19.7 Å². The van der Waals surface area contributed by atoms with Gasteiger partial charge in [-0.3, -0.25) is 0 Å². The highest BCUT2D eigenvalue weighted by atomic mass is 16.6. The summed E-state index contributed by atoms with van der Waals surface area (Å²) in [6, 6.07) is 0. The monoisotopic (exact) mass is 458 g/mol. The number of carbonyl (C=O) groups is 3. The molecule has 0 aromatic rings. The van der Waals surface area contributed by atoms with Crippen molar-refractivity contribution in [1.82, 2.24) is 0 Å². The Morgan fingerprint density at radius 1 is 1.24 bits per heavy atom. The van der Waals surface area contributed by atoms with E-state index in [1.54, 1.807) is 6.92 Å². The third-order valence-electron chi connectivity index (χ3n) is 6.55. The molecule has 1 saturated carbocycles. The molecule has 0 radical (unpaired) electrons. The molecule has 8 nitrogen and oxygen atoms in total. The average molecular weight is 459 g/mol. The highest BCUT2D eigenvalue weighted by Crippen LogP contribution is 2.51. The van der Waals surface area contributed by atoms with Gasteiger partial charge >= 0.3 is 17.9 Å². The molecule has 0 aromatic heterocycles. The van der Waals surface area contributed by atoms with E-state index in [0.29, 0.717) is 18.4 Å². The Morgan fingerprint density at radius 3 is 2.64 bits per heavy atom. The van der Waals surface area contributed by atoms with Crippen molar-refractivity contribution in [1.29, 1.82) is 0 Å². The van der Waals surface area contributed by atoms with Gasteiger partial charge in [0.15, 0.2) is 0 Å². The summed E-state index contributed by atoms with van der Waals surface area (Å²) in [5.74, 6) is -2.66. The second-order valence-electron chi connectivity index (χ2n) is 8.60. The lowest BCUT2D eigenvalue weighted by molar-refractivity contribution is -0.149. The summed E-state index contributed by atoms with van der Waals surface area (Å²) < 4.78 is 16.8. The fourth-order valence-corrected chi connectivity index (χ4v) is 4.77. The number of hydrogen-bond donors (Lipinski definition) is 2. The number of rotatable bonds is 8. The van der Waals surface area contributed by atoms with Crippen LogP contribution in [0.15, 0.2) is 59.8 Å². The molecule has 1 aliphatic heterocycles. The molecule has 0 amide bonds. The molecule has 8 heteroatoms. The summed E-state index contributed by atoms with van der Waals surface area (Å²) in [6.45, 7) is 12.8. The number of carbonyl (C=O) groups excluding carboxylic acids is 3. The molecule has 5 atom stereocenters. The van der Waals surface area contributed by atoms with Crippen LogP contribution in [-0.4, -0.2) is 60.1 Å². The van der Waals surface area contributed by atoms with E-state index in [-0.39, 0.29) is 49.2 Å². The Kier molecular flexibility index (Phi) is 7.71. The van der Waals surface area contributed by atoms with Crippen LogP contribution in [0.25, 0.3) is 0 Å². The lowest BCUT2D eigenvalue weighted by Gasteiger charge is -2.29. The number of allylic oxidation sites excluding steroid dienone is 1. The predicted octanol–water partition coefficient (Wildman–Crippen LogP) is 1.94. The maximum absolute atomic E-state index is 12.5. The van der Waals surface area contributed by atoms with Crippen LogP contribution in [-0.2, 0) is 28.6 Å². The highest BCUT2D eigenvalue weighted by Gasteiger charge is 2.55. The summed E-state index contributed by atoms with van der Waals surface area (Å²) in [4.78, 5) is 37.1. The zero-order valence-electron chi connectivity index (χ0n) is 18.7. The number of ether oxygens (including phenoxy) is 3. The van der Waals surface area contributed by atoms with Crippen LogP contribution in [0.1, 0.15) is 26.2 Å². The van der Waals surface area contributed by atoms with Crippen molar-refractivity contribution >= 4 is 17.9 Å². The third kappa shape index (κ3) is 5.02. The van der Waals surface area contributed by atoms with E-state index in [9.17, 15) is 14.4 Å². The minimum atomic E-state index is -0.714. The molecular formula is C25H30O8. The predicted molar refractivity (Wildman–Crippen MR) is 118 cm³/mol. The van der Waals surface area contributed by atoms with E-state index >= 15 is 0 Å². The molecule has 1 saturated heterocycles. The standard InChI is InChI=1S/C25H30O8/c1-13(7-9-26)23(28)31-12-17-5-6-18-15(3)11-19(32-24(29)14(2)8-10-27)20-16(4)25(30)33-22(20)21(17)18/h5,7,18-22,26-27H,2-4,6,8-12H2,1H3. The van der Waals surface area contributed by atoms with Gasteiger partial charge in [-0.1, -0.05) is 31.4 Å². The zero-order valence-corrected chi connectivity index (χ0v) is 18.7. The Hall–Kier alpha value is -2.97. The van der Waals surface area contributed by atoms with Crippen molar-refractivity contribution in [3.63, 3.8) is 0 Å². The van der Waals surface area contributed by atoms with Crippen LogP contribution in [0.4, 0.5) is 0 Å². The molecule has 178 valence electrons. The lowest BCUT2D eigenvalue weighted by Crippen LogP contribution is -2.37. The first kappa shape index (κ1) is 24.7. The van der Waals surface area contributed by atoms with Crippen LogP contribution in [0.3, 0.4) is 0 Å². The van der Waals surface area contributed by atoms with Gasteiger partial charge in [-0.15, -0.1) is 0 Å². The number of hydrogen-bond acceptors (Lipinski definition) is 8. The summed E-state index contributed by atoms with van der Waals surface area (Å²) in [7, 11) is 0. The topological polar surface area (TPSA) is 119 Å².